The second-order valence-corrected chi connectivity index (χ2v) is 16.1. The Balaban J connectivity index is 0. The van der Waals surface area contributed by atoms with Gasteiger partial charge in [-0.15, -0.1) is 0 Å². The van der Waals surface area contributed by atoms with E-state index in [2.05, 4.69) is 20.8 Å². The van der Waals surface area contributed by atoms with E-state index in [-0.39, 0.29) is 0 Å². The van der Waals surface area contributed by atoms with Crippen molar-refractivity contribution in [2.24, 2.45) is 0 Å². The van der Waals surface area contributed by atoms with E-state index < -0.39 is 24.6 Å². The Labute approximate surface area is 162 Å². The van der Waals surface area contributed by atoms with Gasteiger partial charge in [-0.25, -0.2) is 0 Å². The van der Waals surface area contributed by atoms with Crippen LogP contribution in [-0.4, -0.2) is 29.7 Å². The van der Waals surface area contributed by atoms with Crippen molar-refractivity contribution in [2.45, 2.75) is 120 Å². The van der Waals surface area contributed by atoms with Gasteiger partial charge in [-0.2, -0.15) is 0 Å². The van der Waals surface area contributed by atoms with Crippen molar-refractivity contribution in [1.82, 2.24) is 0 Å². The second kappa shape index (κ2) is 23.6. The van der Waals surface area contributed by atoms with Gasteiger partial charge < -0.3 is 5.11 Å². The molecule has 0 aliphatic rings. The fourth-order valence-corrected chi connectivity index (χ4v) is 9.16. The van der Waals surface area contributed by atoms with Gasteiger partial charge in [0, 0.05) is 6.42 Å². The van der Waals surface area contributed by atoms with E-state index in [0.717, 1.165) is 12.8 Å². The van der Waals surface area contributed by atoms with Gasteiger partial charge in [0.1, 0.15) is 0 Å². The summed E-state index contributed by atoms with van der Waals surface area (Å²) in [5.74, 6) is -0.659. The molecule has 0 spiro atoms. The number of carbonyl (C=O) groups is 1. The molecule has 0 aliphatic carbocycles. The Morgan fingerprint density at radius 3 is 1.46 bits per heavy atom. The molecule has 0 saturated carbocycles. The normalized spacial score (nSPS) is 10.5. The van der Waals surface area contributed by atoms with Crippen molar-refractivity contribution < 1.29 is 9.90 Å². The van der Waals surface area contributed by atoms with Crippen LogP contribution < -0.4 is 0 Å². The minimum absolute atomic E-state index is 0.343. The average Bonchev–Trinajstić information content (AvgIpc) is 2.57. The van der Waals surface area contributed by atoms with Crippen LogP contribution in [0.4, 0.5) is 0 Å². The summed E-state index contributed by atoms with van der Waals surface area (Å²) in [7, 11) is 6.24. The van der Waals surface area contributed by atoms with Gasteiger partial charge >= 0.3 is 81.9 Å². The maximum absolute atomic E-state index is 10.2. The predicted octanol–water partition coefficient (Wildman–Crippen LogP) is 7.81. The van der Waals surface area contributed by atoms with Crippen molar-refractivity contribution in [1.29, 1.82) is 0 Å². The number of carboxylic acids is 1. The zero-order valence-electron chi connectivity index (χ0n) is 16.5. The molecule has 4 heteroatoms. The van der Waals surface area contributed by atoms with Crippen molar-refractivity contribution in [3.63, 3.8) is 0 Å². The molecule has 2 nitrogen and oxygen atoms in total. The first-order valence-corrected chi connectivity index (χ1v) is 17.9. The zero-order valence-corrected chi connectivity index (χ0v) is 20.2. The molecule has 0 atom stereocenters. The molecule has 0 aliphatic heterocycles. The van der Waals surface area contributed by atoms with Gasteiger partial charge in [-0.1, -0.05) is 58.3 Å². The summed E-state index contributed by atoms with van der Waals surface area (Å²) in [5.41, 5.74) is 0. The van der Waals surface area contributed by atoms with Crippen LogP contribution in [-0.2, 0) is 4.79 Å². The number of hydrogen-bond acceptors (Lipinski definition) is 1. The summed E-state index contributed by atoms with van der Waals surface area (Å²) in [6.07, 6.45) is 16.9. The Hall–Kier alpha value is 0.559. The Kier molecular flexibility index (Phi) is 26.3. The molecule has 1 N–H and O–H groups in total. The third-order valence-corrected chi connectivity index (χ3v) is 11.7. The Bertz CT molecular complexity index is 242. The van der Waals surface area contributed by atoms with E-state index in [1.54, 1.807) is 0 Å². The number of rotatable bonds is 16. The molecular weight excluding hydrogens is 426 g/mol. The fraction of sp³-hybridized carbons (Fsp3) is 0.950. The van der Waals surface area contributed by atoms with Crippen molar-refractivity contribution in [3.05, 3.63) is 0 Å². The van der Waals surface area contributed by atoms with Gasteiger partial charge in [0.15, 0.2) is 0 Å². The number of carboxylic acid groups (broad SMARTS) is 1. The first-order valence-electron chi connectivity index (χ1n) is 10.3. The van der Waals surface area contributed by atoms with Crippen LogP contribution in [0.2, 0.25) is 8.87 Å². The van der Waals surface area contributed by atoms with Crippen LogP contribution in [0.1, 0.15) is 111 Å². The molecule has 0 unspecified atom stereocenters. The molecule has 24 heavy (non-hydrogen) atoms. The number of aliphatic carboxylic acids is 1. The predicted molar refractivity (Wildman–Crippen MR) is 111 cm³/mol. The molecule has 0 amide bonds. The molecular formula is C20H42ClO2Sn. The Morgan fingerprint density at radius 1 is 0.708 bits per heavy atom. The van der Waals surface area contributed by atoms with E-state index in [4.69, 9.17) is 14.0 Å². The third-order valence-electron chi connectivity index (χ3n) is 4.10. The van der Waals surface area contributed by atoms with Crippen LogP contribution in [0.25, 0.3) is 0 Å². The van der Waals surface area contributed by atoms with Crippen LogP contribution in [0, 0.1) is 0 Å². The number of halogens is 1. The van der Waals surface area contributed by atoms with Crippen LogP contribution in [0.5, 0.6) is 0 Å². The van der Waals surface area contributed by atoms with E-state index in [9.17, 15) is 4.79 Å². The summed E-state index contributed by atoms with van der Waals surface area (Å²) >= 11 is -1.27. The van der Waals surface area contributed by atoms with Gasteiger partial charge in [-0.3, -0.25) is 4.79 Å². The first kappa shape index (κ1) is 26.8. The van der Waals surface area contributed by atoms with Gasteiger partial charge in [0.05, 0.1) is 0 Å². The zero-order chi connectivity index (χ0) is 18.5. The first-order chi connectivity index (χ1) is 11.6. The topological polar surface area (TPSA) is 37.3 Å². The second-order valence-electron chi connectivity index (χ2n) is 6.70. The molecule has 0 saturated heterocycles. The van der Waals surface area contributed by atoms with E-state index in [1.165, 1.54) is 79.5 Å². The number of hydrogen-bond donors (Lipinski definition) is 1. The third kappa shape index (κ3) is 27.4. The van der Waals surface area contributed by atoms with E-state index >= 15 is 0 Å². The van der Waals surface area contributed by atoms with Gasteiger partial charge in [-0.05, 0) is 6.42 Å². The van der Waals surface area contributed by atoms with Gasteiger partial charge in [0.2, 0.25) is 0 Å². The standard InChI is InChI=1S/C12H24O2.2C4H9.ClH.Sn/c1-2-3-4-5-6-7-8-9-10-11-12(13)14;2*1-3-4-2;;/h2-11H2,1H3,(H,13,14);2*1,3-4H2,2H3;1H;/q;;;;+1/p-1. The maximum atomic E-state index is 10.2. The summed E-state index contributed by atoms with van der Waals surface area (Å²) in [6, 6.07) is 0. The summed E-state index contributed by atoms with van der Waals surface area (Å²) < 4.78 is 2.81. The summed E-state index contributed by atoms with van der Waals surface area (Å²) in [5, 5.41) is 8.41. The summed E-state index contributed by atoms with van der Waals surface area (Å²) in [6.45, 7) is 6.71. The van der Waals surface area contributed by atoms with Crippen molar-refractivity contribution in [2.75, 3.05) is 0 Å². The Morgan fingerprint density at radius 2 is 1.08 bits per heavy atom. The minimum atomic E-state index is -1.27. The average molecular weight is 469 g/mol. The van der Waals surface area contributed by atoms with Crippen LogP contribution in [0.15, 0.2) is 0 Å². The molecule has 0 heterocycles. The fourth-order valence-electron chi connectivity index (χ4n) is 2.45. The summed E-state index contributed by atoms with van der Waals surface area (Å²) in [4.78, 5) is 10.2. The molecule has 145 valence electrons. The SMILES string of the molecule is CCCCCCCCCCCC(=O)O.CCC[CH2][Sn]([Cl])[CH2]CCC. The van der Waals surface area contributed by atoms with E-state index in [1.807, 2.05) is 0 Å². The monoisotopic (exact) mass is 469 g/mol. The van der Waals surface area contributed by atoms with Crippen LogP contribution in [0.3, 0.4) is 0 Å². The molecule has 0 bridgehead atoms. The van der Waals surface area contributed by atoms with Crippen molar-refractivity contribution in [3.8, 4) is 0 Å². The molecule has 1 radical (unpaired) electrons. The van der Waals surface area contributed by atoms with E-state index in [0.29, 0.717) is 6.42 Å². The molecule has 0 aromatic heterocycles. The van der Waals surface area contributed by atoms with Gasteiger partial charge in [0.25, 0.3) is 0 Å². The molecule has 0 rings (SSSR count). The van der Waals surface area contributed by atoms with Crippen LogP contribution >= 0.6 is 8.92 Å². The number of unbranched alkanes of at least 4 members (excludes halogenated alkanes) is 10. The molecule has 0 aromatic rings. The quantitative estimate of drug-likeness (QED) is 0.185. The molecule has 0 aromatic carbocycles. The van der Waals surface area contributed by atoms with Crippen molar-refractivity contribution >= 4 is 33.5 Å². The molecule has 0 fully saturated rings.